The number of para-hydroxylation sites is 1. The second kappa shape index (κ2) is 8.56. The maximum Gasteiger partial charge on any atom is 0.208 e. The van der Waals surface area contributed by atoms with Crippen LogP contribution in [-0.4, -0.2) is 25.5 Å². The summed E-state index contributed by atoms with van der Waals surface area (Å²) in [6.07, 6.45) is 0. The summed E-state index contributed by atoms with van der Waals surface area (Å²) in [6.45, 7) is 0. The van der Waals surface area contributed by atoms with Gasteiger partial charge in [-0.1, -0.05) is 91.0 Å². The first kappa shape index (κ1) is 24.0. The third-order valence-corrected chi connectivity index (χ3v) is 8.19. The lowest BCUT2D eigenvalue weighted by molar-refractivity contribution is 0.330. The number of hydrogen-bond donors (Lipinski definition) is 5. The van der Waals surface area contributed by atoms with Crippen molar-refractivity contribution in [3.63, 3.8) is 0 Å². The van der Waals surface area contributed by atoms with Crippen LogP contribution in [0.25, 0.3) is 76.5 Å². The van der Waals surface area contributed by atoms with Crippen molar-refractivity contribution in [2.45, 2.75) is 0 Å². The first-order chi connectivity index (χ1) is 20.5. The highest BCUT2D eigenvalue weighted by Crippen LogP contribution is 2.58. The summed E-state index contributed by atoms with van der Waals surface area (Å²) < 4.78 is 6.47. The van der Waals surface area contributed by atoms with Crippen LogP contribution < -0.4 is 0 Å². The van der Waals surface area contributed by atoms with Crippen LogP contribution in [0.3, 0.4) is 0 Å². The molecule has 0 aliphatic rings. The van der Waals surface area contributed by atoms with E-state index in [4.69, 9.17) is 4.42 Å². The SMILES string of the molecule is Oc1c(O)c(O)c(-c2c3ccccc3c(-c3cc4ccccc4c4oc5ccccc5c34)c3ccccc23)c(O)c1O. The van der Waals surface area contributed by atoms with E-state index in [9.17, 15) is 25.5 Å². The number of hydrogen-bond acceptors (Lipinski definition) is 6. The highest BCUT2D eigenvalue weighted by Gasteiger charge is 2.28. The molecule has 1 heterocycles. The lowest BCUT2D eigenvalue weighted by atomic mass is 9.83. The normalized spacial score (nSPS) is 11.8. The largest absolute Gasteiger partial charge is 0.504 e. The fraction of sp³-hybridized carbons (Fsp3) is 0. The molecule has 0 amide bonds. The minimum absolute atomic E-state index is 0.181. The molecule has 0 bridgehead atoms. The molecule has 0 aliphatic carbocycles. The molecule has 0 aliphatic heterocycles. The Balaban J connectivity index is 1.62. The van der Waals surface area contributed by atoms with Crippen LogP contribution in [0.4, 0.5) is 0 Å². The summed E-state index contributed by atoms with van der Waals surface area (Å²) >= 11 is 0. The Hall–Kier alpha value is -5.88. The maximum atomic E-state index is 11.0. The monoisotopic (exact) mass is 550 g/mol. The Morgan fingerprint density at radius 1 is 0.405 bits per heavy atom. The Labute approximate surface area is 238 Å². The van der Waals surface area contributed by atoms with Gasteiger partial charge in [0, 0.05) is 21.7 Å². The minimum Gasteiger partial charge on any atom is -0.504 e. The van der Waals surface area contributed by atoms with Crippen molar-refractivity contribution < 1.29 is 29.9 Å². The zero-order chi connectivity index (χ0) is 28.7. The van der Waals surface area contributed by atoms with E-state index in [2.05, 4.69) is 24.3 Å². The third kappa shape index (κ3) is 3.09. The molecule has 8 aromatic rings. The molecule has 8 rings (SSSR count). The second-order valence-corrected chi connectivity index (χ2v) is 10.4. The average molecular weight is 551 g/mol. The van der Waals surface area contributed by atoms with Gasteiger partial charge in [0.25, 0.3) is 0 Å². The summed E-state index contributed by atoms with van der Waals surface area (Å²) in [5, 5.41) is 59.9. The van der Waals surface area contributed by atoms with Gasteiger partial charge in [-0.25, -0.2) is 0 Å². The minimum atomic E-state index is -0.996. The smallest absolute Gasteiger partial charge is 0.208 e. The number of rotatable bonds is 2. The topological polar surface area (TPSA) is 114 Å². The molecule has 0 atom stereocenters. The molecule has 0 unspecified atom stereocenters. The molecule has 5 N–H and O–H groups in total. The van der Waals surface area contributed by atoms with Crippen LogP contribution in [-0.2, 0) is 0 Å². The summed E-state index contributed by atoms with van der Waals surface area (Å²) in [7, 11) is 0. The quantitative estimate of drug-likeness (QED) is 0.0834. The Kier molecular flexibility index (Phi) is 4.88. The predicted octanol–water partition coefficient (Wildman–Crippen LogP) is 8.91. The Morgan fingerprint density at radius 2 is 0.857 bits per heavy atom. The zero-order valence-corrected chi connectivity index (χ0v) is 22.0. The number of benzene rings is 7. The van der Waals surface area contributed by atoms with E-state index in [1.54, 1.807) is 0 Å². The van der Waals surface area contributed by atoms with Gasteiger partial charge < -0.3 is 29.9 Å². The average Bonchev–Trinajstić information content (AvgIpc) is 3.42. The molecular weight excluding hydrogens is 528 g/mol. The number of furan rings is 1. The molecule has 6 nitrogen and oxygen atoms in total. The van der Waals surface area contributed by atoms with E-state index >= 15 is 0 Å². The molecule has 0 radical (unpaired) electrons. The molecule has 0 saturated carbocycles. The summed E-state index contributed by atoms with van der Waals surface area (Å²) in [5.41, 5.74) is 3.67. The van der Waals surface area contributed by atoms with Crippen molar-refractivity contribution in [2.75, 3.05) is 0 Å². The van der Waals surface area contributed by atoms with Crippen LogP contribution in [0, 0.1) is 0 Å². The molecule has 0 saturated heterocycles. The van der Waals surface area contributed by atoms with Gasteiger partial charge in [0.15, 0.2) is 11.5 Å². The fourth-order valence-corrected chi connectivity index (χ4v) is 6.37. The molecule has 7 aromatic carbocycles. The number of phenols is 5. The van der Waals surface area contributed by atoms with Crippen LogP contribution in [0.15, 0.2) is 108 Å². The molecule has 42 heavy (non-hydrogen) atoms. The van der Waals surface area contributed by atoms with Gasteiger partial charge in [-0.3, -0.25) is 0 Å². The predicted molar refractivity (Wildman–Crippen MR) is 165 cm³/mol. The van der Waals surface area contributed by atoms with Crippen molar-refractivity contribution in [3.05, 3.63) is 103 Å². The van der Waals surface area contributed by atoms with Crippen molar-refractivity contribution in [1.82, 2.24) is 0 Å². The van der Waals surface area contributed by atoms with Crippen molar-refractivity contribution in [2.24, 2.45) is 0 Å². The van der Waals surface area contributed by atoms with Gasteiger partial charge in [0.05, 0.1) is 5.56 Å². The van der Waals surface area contributed by atoms with Crippen LogP contribution >= 0.6 is 0 Å². The summed E-state index contributed by atoms with van der Waals surface area (Å²) in [4.78, 5) is 0. The molecular formula is C36H22O6. The molecule has 0 spiro atoms. The lowest BCUT2D eigenvalue weighted by Crippen LogP contribution is -1.93. The highest BCUT2D eigenvalue weighted by molar-refractivity contribution is 6.29. The van der Waals surface area contributed by atoms with Crippen molar-refractivity contribution in [3.8, 4) is 51.0 Å². The van der Waals surface area contributed by atoms with Gasteiger partial charge >= 0.3 is 0 Å². The van der Waals surface area contributed by atoms with Gasteiger partial charge in [0.2, 0.25) is 17.2 Å². The molecule has 202 valence electrons. The van der Waals surface area contributed by atoms with Crippen LogP contribution in [0.1, 0.15) is 0 Å². The molecule has 1 aromatic heterocycles. The van der Waals surface area contributed by atoms with Crippen molar-refractivity contribution >= 4 is 54.3 Å². The first-order valence-corrected chi connectivity index (χ1v) is 13.4. The van der Waals surface area contributed by atoms with Crippen LogP contribution in [0.5, 0.6) is 28.7 Å². The van der Waals surface area contributed by atoms with E-state index in [1.807, 2.05) is 78.9 Å². The van der Waals surface area contributed by atoms with E-state index in [1.165, 1.54) is 0 Å². The maximum absolute atomic E-state index is 11.0. The highest BCUT2D eigenvalue weighted by atomic mass is 16.4. The first-order valence-electron chi connectivity index (χ1n) is 13.4. The van der Waals surface area contributed by atoms with Gasteiger partial charge in [-0.05, 0) is 50.2 Å². The third-order valence-electron chi connectivity index (χ3n) is 8.19. The van der Waals surface area contributed by atoms with E-state index < -0.39 is 28.7 Å². The van der Waals surface area contributed by atoms with E-state index in [-0.39, 0.29) is 5.56 Å². The summed E-state index contributed by atoms with van der Waals surface area (Å²) in [6, 6.07) is 33.4. The van der Waals surface area contributed by atoms with Gasteiger partial charge in [-0.15, -0.1) is 0 Å². The molecule has 0 fully saturated rings. The number of aromatic hydroxyl groups is 5. The van der Waals surface area contributed by atoms with Gasteiger partial charge in [-0.2, -0.15) is 0 Å². The second-order valence-electron chi connectivity index (χ2n) is 10.4. The number of fused-ring (bicyclic) bond motifs is 7. The standard InChI is InChI=1S/C36H22O6/c37-31-30(32(38)34(40)35(41)33(31)39)28-22-13-5-3-11-20(22)27(21-12-4-6-14-23(21)28)25-17-18-9-1-2-10-19(18)36-29(25)24-15-7-8-16-26(24)42-36/h1-17,37-41H. The Bertz CT molecular complexity index is 2330. The van der Waals surface area contributed by atoms with Crippen molar-refractivity contribution in [1.29, 1.82) is 0 Å². The lowest BCUT2D eigenvalue weighted by Gasteiger charge is -2.20. The Morgan fingerprint density at radius 3 is 1.45 bits per heavy atom. The van der Waals surface area contributed by atoms with E-state index in [0.29, 0.717) is 16.3 Å². The summed E-state index contributed by atoms with van der Waals surface area (Å²) in [5.74, 6) is -4.30. The fourth-order valence-electron chi connectivity index (χ4n) is 6.37. The number of phenolic OH excluding ortho intramolecular Hbond substituents is 5. The molecule has 6 heteroatoms. The van der Waals surface area contributed by atoms with E-state index in [0.717, 1.165) is 54.6 Å². The van der Waals surface area contributed by atoms with Crippen LogP contribution in [0.2, 0.25) is 0 Å². The zero-order valence-electron chi connectivity index (χ0n) is 22.0. The van der Waals surface area contributed by atoms with Gasteiger partial charge in [0.1, 0.15) is 11.2 Å².